The fraction of sp³-hybridized carbons (Fsp3) is 0.609. The quantitative estimate of drug-likeness (QED) is 0.120. The van der Waals surface area contributed by atoms with Crippen LogP contribution in [0.3, 0.4) is 0 Å². The van der Waals surface area contributed by atoms with Crippen molar-refractivity contribution in [3.63, 3.8) is 0 Å². The van der Waals surface area contributed by atoms with E-state index in [1.807, 2.05) is 13.0 Å². The molecule has 2 aliphatic rings. The van der Waals surface area contributed by atoms with E-state index in [9.17, 15) is 18.0 Å². The lowest BCUT2D eigenvalue weighted by Crippen LogP contribution is -2.55. The highest BCUT2D eigenvalue weighted by molar-refractivity contribution is 7.89. The van der Waals surface area contributed by atoms with Crippen molar-refractivity contribution in [2.24, 2.45) is 17.6 Å². The zero-order chi connectivity index (χ0) is 26.5. The zero-order valence-electron chi connectivity index (χ0n) is 20.6. The molecule has 0 bridgehead atoms. The molecule has 2 heterocycles. The van der Waals surface area contributed by atoms with E-state index >= 15 is 0 Å². The number of para-hydroxylation sites is 1. The van der Waals surface area contributed by atoms with Gasteiger partial charge in [-0.15, -0.1) is 0 Å². The molecular weight excluding hydrogens is 488 g/mol. The van der Waals surface area contributed by atoms with Crippen LogP contribution in [-0.4, -0.2) is 68.4 Å². The highest BCUT2D eigenvalue weighted by atomic mass is 32.2. The van der Waals surface area contributed by atoms with Gasteiger partial charge in [0.1, 0.15) is 10.9 Å². The smallest absolute Gasteiger partial charge is 0.450 e. The number of carboxylic acid groups (broad SMARTS) is 1. The average molecular weight is 525 g/mol. The molecule has 1 amide bonds. The Balaban J connectivity index is 1.86. The van der Waals surface area contributed by atoms with Crippen LogP contribution in [0, 0.1) is 17.2 Å². The number of nitrogens with one attached hydrogen (secondary N) is 4. The molecule has 2 aliphatic heterocycles. The van der Waals surface area contributed by atoms with Crippen molar-refractivity contribution in [1.29, 1.82) is 5.41 Å². The van der Waals surface area contributed by atoms with Gasteiger partial charge in [-0.3, -0.25) is 10.2 Å². The summed E-state index contributed by atoms with van der Waals surface area (Å²) >= 11 is 0. The molecule has 12 nitrogen and oxygen atoms in total. The summed E-state index contributed by atoms with van der Waals surface area (Å²) in [5, 5.41) is 22.3. The van der Waals surface area contributed by atoms with Gasteiger partial charge in [0.25, 0.3) is 0 Å². The molecule has 0 aromatic heterocycles. The van der Waals surface area contributed by atoms with Gasteiger partial charge in [-0.2, -0.15) is 4.72 Å². The van der Waals surface area contributed by atoms with Gasteiger partial charge in [0, 0.05) is 26.1 Å². The van der Waals surface area contributed by atoms with E-state index in [2.05, 4.69) is 22.3 Å². The highest BCUT2D eigenvalue weighted by Crippen LogP contribution is 2.32. The normalized spacial score (nSPS) is 22.6. The number of carbonyl (C=O) groups excluding carboxylic acids is 1. The van der Waals surface area contributed by atoms with Crippen molar-refractivity contribution < 1.29 is 27.9 Å². The van der Waals surface area contributed by atoms with Gasteiger partial charge in [-0.05, 0) is 49.1 Å². The maximum Gasteiger partial charge on any atom is 0.507 e. The fourth-order valence-corrected chi connectivity index (χ4v) is 6.13. The molecule has 1 saturated heterocycles. The Morgan fingerprint density at radius 3 is 2.78 bits per heavy atom. The number of likely N-dealkylation sites (tertiary alicyclic amines) is 1. The van der Waals surface area contributed by atoms with Crippen LogP contribution >= 0.6 is 0 Å². The fourth-order valence-electron chi connectivity index (χ4n) is 4.68. The van der Waals surface area contributed by atoms with Crippen LogP contribution in [0.2, 0.25) is 0 Å². The molecule has 1 aromatic carbocycles. The van der Waals surface area contributed by atoms with Crippen molar-refractivity contribution in [1.82, 2.24) is 14.9 Å². The summed E-state index contributed by atoms with van der Waals surface area (Å²) in [5.41, 5.74) is 6.75. The van der Waals surface area contributed by atoms with Crippen LogP contribution in [0.4, 0.5) is 10.5 Å². The Morgan fingerprint density at radius 1 is 1.33 bits per heavy atom. The number of amides is 1. The Labute approximate surface area is 211 Å². The lowest BCUT2D eigenvalue weighted by atomic mass is 9.96. The predicted molar refractivity (Wildman–Crippen MR) is 134 cm³/mol. The molecule has 0 radical (unpaired) electrons. The summed E-state index contributed by atoms with van der Waals surface area (Å²) in [4.78, 5) is 26.2. The van der Waals surface area contributed by atoms with Crippen LogP contribution in [0.25, 0.3) is 0 Å². The standard InChI is InChI=1S/C23H36N6O6S/c1-14-8-10-29(19(12-14)35-23(31)32)21(30)17(6-4-9-26-22(24)25)28-36(33,34)18-7-3-5-16-11-15(2)13-27-20(16)18/h3,5,7,14-15,17,19,27-28H,4,6,8-13H2,1-2H3,(H,31,32)(H4,24,25,26)/t14-,15?,17+,19-/m1/s1. The number of hydrogen-bond donors (Lipinski definition) is 6. The second kappa shape index (κ2) is 11.8. The summed E-state index contributed by atoms with van der Waals surface area (Å²) < 4.78 is 34.6. The highest BCUT2D eigenvalue weighted by Gasteiger charge is 2.38. The molecule has 13 heteroatoms. The predicted octanol–water partition coefficient (Wildman–Crippen LogP) is 1.48. The van der Waals surface area contributed by atoms with Crippen molar-refractivity contribution in [2.45, 2.75) is 63.1 Å². The lowest BCUT2D eigenvalue weighted by Gasteiger charge is -2.38. The number of fused-ring (bicyclic) bond motifs is 1. The third-order valence-corrected chi connectivity index (χ3v) is 8.03. The second-order valence-electron chi connectivity index (χ2n) is 9.64. The minimum atomic E-state index is -4.11. The van der Waals surface area contributed by atoms with Crippen molar-refractivity contribution >= 4 is 33.7 Å². The molecule has 0 aliphatic carbocycles. The summed E-state index contributed by atoms with van der Waals surface area (Å²) in [5.74, 6) is -0.266. The summed E-state index contributed by atoms with van der Waals surface area (Å²) in [7, 11) is -4.11. The zero-order valence-corrected chi connectivity index (χ0v) is 21.4. The molecule has 1 unspecified atom stereocenters. The number of guanidine groups is 1. The third-order valence-electron chi connectivity index (χ3n) is 6.51. The maximum atomic E-state index is 13.6. The minimum absolute atomic E-state index is 0.0668. The van der Waals surface area contributed by atoms with Crippen LogP contribution < -0.4 is 21.1 Å². The monoisotopic (exact) mass is 524 g/mol. The molecule has 200 valence electrons. The van der Waals surface area contributed by atoms with Crippen LogP contribution in [0.15, 0.2) is 23.1 Å². The van der Waals surface area contributed by atoms with E-state index in [-0.39, 0.29) is 36.3 Å². The molecule has 7 N–H and O–H groups in total. The van der Waals surface area contributed by atoms with Gasteiger partial charge in [-0.1, -0.05) is 26.0 Å². The Bertz CT molecular complexity index is 1080. The number of nitrogens with zero attached hydrogens (tertiary/aromatic N) is 1. The Hall–Kier alpha value is -3.06. The third kappa shape index (κ3) is 7.00. The van der Waals surface area contributed by atoms with Gasteiger partial charge in [-0.25, -0.2) is 13.2 Å². The molecule has 0 saturated carbocycles. The molecule has 4 atom stereocenters. The lowest BCUT2D eigenvalue weighted by molar-refractivity contribution is -0.149. The summed E-state index contributed by atoms with van der Waals surface area (Å²) in [6, 6.07) is 3.91. The number of hydrogen-bond acceptors (Lipinski definition) is 7. The number of benzene rings is 1. The SMILES string of the molecule is CC1CNc2c(cccc2S(=O)(=O)N[C@@H](CCCNC(=N)N)C(=O)N2CC[C@@H](C)C[C@H]2OC(=O)O)C1. The topological polar surface area (TPSA) is 187 Å². The van der Waals surface area contributed by atoms with E-state index < -0.39 is 34.4 Å². The summed E-state index contributed by atoms with van der Waals surface area (Å²) in [6.07, 6.45) is -0.313. The van der Waals surface area contributed by atoms with E-state index in [0.29, 0.717) is 37.4 Å². The van der Waals surface area contributed by atoms with Gasteiger partial charge < -0.3 is 31.1 Å². The molecule has 0 spiro atoms. The number of nitrogens with two attached hydrogens (primary N) is 1. The number of sulfonamides is 1. The van der Waals surface area contributed by atoms with E-state index in [1.165, 1.54) is 11.0 Å². The number of ether oxygens (including phenoxy) is 1. The van der Waals surface area contributed by atoms with Crippen LogP contribution in [0.1, 0.15) is 45.1 Å². The van der Waals surface area contributed by atoms with Crippen LogP contribution in [0.5, 0.6) is 0 Å². The molecule has 36 heavy (non-hydrogen) atoms. The number of rotatable bonds is 9. The average Bonchev–Trinajstić information content (AvgIpc) is 2.79. The van der Waals surface area contributed by atoms with E-state index in [0.717, 1.165) is 12.0 Å². The first kappa shape index (κ1) is 27.5. The molecule has 3 rings (SSSR count). The Kier molecular flexibility index (Phi) is 9.01. The van der Waals surface area contributed by atoms with Crippen LogP contribution in [-0.2, 0) is 26.0 Å². The van der Waals surface area contributed by atoms with E-state index in [1.54, 1.807) is 6.07 Å². The molecular formula is C23H36N6O6S. The first-order valence-corrected chi connectivity index (χ1v) is 13.6. The van der Waals surface area contributed by atoms with Crippen molar-refractivity contribution in [3.8, 4) is 0 Å². The first-order valence-electron chi connectivity index (χ1n) is 12.1. The second-order valence-corrected chi connectivity index (χ2v) is 11.3. The number of anilines is 1. The van der Waals surface area contributed by atoms with Gasteiger partial charge in [0.2, 0.25) is 15.9 Å². The summed E-state index contributed by atoms with van der Waals surface area (Å²) in [6.45, 7) is 5.18. The first-order chi connectivity index (χ1) is 17.0. The largest absolute Gasteiger partial charge is 0.507 e. The van der Waals surface area contributed by atoms with Gasteiger partial charge in [0.05, 0.1) is 5.69 Å². The molecule has 1 fully saturated rings. The van der Waals surface area contributed by atoms with Crippen molar-refractivity contribution in [2.75, 3.05) is 25.0 Å². The maximum absolute atomic E-state index is 13.6. The molecule has 1 aromatic rings. The number of carbonyl (C=O) groups is 2. The number of piperidine rings is 1. The van der Waals surface area contributed by atoms with Gasteiger partial charge in [0.15, 0.2) is 12.2 Å². The van der Waals surface area contributed by atoms with Gasteiger partial charge >= 0.3 is 6.16 Å². The minimum Gasteiger partial charge on any atom is -0.450 e. The van der Waals surface area contributed by atoms with E-state index in [4.69, 9.17) is 21.0 Å². The van der Waals surface area contributed by atoms with Crippen molar-refractivity contribution in [3.05, 3.63) is 23.8 Å². The Morgan fingerprint density at radius 2 is 2.08 bits per heavy atom.